The van der Waals surface area contributed by atoms with Crippen LogP contribution in [-0.4, -0.2) is 10.2 Å². The van der Waals surface area contributed by atoms with Crippen molar-refractivity contribution in [1.29, 1.82) is 0 Å². The smallest absolute Gasteiger partial charge is 0.115 e. The van der Waals surface area contributed by atoms with Crippen LogP contribution in [0, 0.1) is 17.8 Å². The van der Waals surface area contributed by atoms with Gasteiger partial charge in [0, 0.05) is 5.41 Å². The van der Waals surface area contributed by atoms with E-state index in [1.807, 2.05) is 24.3 Å². The molecule has 0 amide bonds. The summed E-state index contributed by atoms with van der Waals surface area (Å²) < 4.78 is 0. The SMILES string of the molecule is CCCCCCCCCCCCCCC1CCC(CCC2CCC(c3ccc(O)cc3)(c3ccc(O)cc3)CC2)CC1. The summed E-state index contributed by atoms with van der Waals surface area (Å²) in [4.78, 5) is 0. The van der Waals surface area contributed by atoms with Gasteiger partial charge in [-0.2, -0.15) is 0 Å². The van der Waals surface area contributed by atoms with Gasteiger partial charge in [0.1, 0.15) is 11.5 Å². The molecule has 2 nitrogen and oxygen atoms in total. The first-order valence-corrected chi connectivity index (χ1v) is 18.2. The number of phenolic OH excluding ortho intramolecular Hbond substituents is 2. The maximum Gasteiger partial charge on any atom is 0.115 e. The molecule has 0 aliphatic heterocycles. The van der Waals surface area contributed by atoms with Crippen LogP contribution in [0.4, 0.5) is 0 Å². The third kappa shape index (κ3) is 10.3. The number of phenols is 2. The van der Waals surface area contributed by atoms with Crippen molar-refractivity contribution in [3.8, 4) is 11.5 Å². The van der Waals surface area contributed by atoms with E-state index in [0.29, 0.717) is 11.5 Å². The van der Waals surface area contributed by atoms with Gasteiger partial charge < -0.3 is 10.2 Å². The zero-order chi connectivity index (χ0) is 29.5. The monoisotopic (exact) mass is 574 g/mol. The fourth-order valence-corrected chi connectivity index (χ4v) is 8.32. The van der Waals surface area contributed by atoms with E-state index in [4.69, 9.17) is 0 Å². The van der Waals surface area contributed by atoms with Gasteiger partial charge in [0.25, 0.3) is 0 Å². The number of hydrogen-bond acceptors (Lipinski definition) is 2. The average molecular weight is 575 g/mol. The quantitative estimate of drug-likeness (QED) is 0.174. The number of rotatable bonds is 18. The lowest BCUT2D eigenvalue weighted by Gasteiger charge is -2.42. The molecule has 2 heteroatoms. The number of unbranched alkanes of at least 4 members (excludes halogenated alkanes) is 11. The predicted octanol–water partition coefficient (Wildman–Crippen LogP) is 12.3. The molecule has 2 aromatic rings. The third-order valence-electron chi connectivity index (χ3n) is 11.2. The zero-order valence-corrected chi connectivity index (χ0v) is 27.0. The molecule has 42 heavy (non-hydrogen) atoms. The molecule has 0 bridgehead atoms. The van der Waals surface area contributed by atoms with Crippen LogP contribution in [-0.2, 0) is 5.41 Å². The molecule has 2 aromatic carbocycles. The Kier molecular flexibility index (Phi) is 14.1. The van der Waals surface area contributed by atoms with Crippen molar-refractivity contribution >= 4 is 0 Å². The Labute approximate surface area is 258 Å². The van der Waals surface area contributed by atoms with Crippen LogP contribution in [0.2, 0.25) is 0 Å². The molecular formula is C40H62O2. The fourth-order valence-electron chi connectivity index (χ4n) is 8.32. The molecule has 4 rings (SSSR count). The summed E-state index contributed by atoms with van der Waals surface area (Å²) in [5.74, 6) is 3.47. The molecule has 0 spiro atoms. The van der Waals surface area contributed by atoms with Crippen molar-refractivity contribution in [1.82, 2.24) is 0 Å². The summed E-state index contributed by atoms with van der Waals surface area (Å²) in [5, 5.41) is 19.8. The molecule has 2 saturated carbocycles. The number of aromatic hydroxyl groups is 2. The minimum absolute atomic E-state index is 0.0101. The van der Waals surface area contributed by atoms with Gasteiger partial charge in [-0.15, -0.1) is 0 Å². The van der Waals surface area contributed by atoms with Gasteiger partial charge in [-0.25, -0.2) is 0 Å². The molecule has 0 saturated heterocycles. The predicted molar refractivity (Wildman–Crippen MR) is 179 cm³/mol. The third-order valence-corrected chi connectivity index (χ3v) is 11.2. The van der Waals surface area contributed by atoms with Gasteiger partial charge in [0.05, 0.1) is 0 Å². The van der Waals surface area contributed by atoms with Crippen molar-refractivity contribution in [2.45, 2.75) is 160 Å². The summed E-state index contributed by atoms with van der Waals surface area (Å²) >= 11 is 0. The Morgan fingerprint density at radius 2 is 0.833 bits per heavy atom. The van der Waals surface area contributed by atoms with Crippen LogP contribution in [0.1, 0.15) is 166 Å². The van der Waals surface area contributed by atoms with Crippen LogP contribution >= 0.6 is 0 Å². The molecule has 0 radical (unpaired) electrons. The number of hydrogen-bond donors (Lipinski definition) is 2. The standard InChI is InChI=1S/C40H62O2/c1-2-3-4-5-6-7-8-9-10-11-12-13-14-33-15-17-34(18-16-33)19-20-35-29-31-40(32-30-35,36-21-25-38(41)26-22-36)37-23-27-39(42)28-24-37/h21-28,33-35,41-42H,2-20,29-32H2,1H3. The second kappa shape index (κ2) is 18.0. The van der Waals surface area contributed by atoms with E-state index >= 15 is 0 Å². The van der Waals surface area contributed by atoms with Gasteiger partial charge in [-0.05, 0) is 78.8 Å². The average Bonchev–Trinajstić information content (AvgIpc) is 3.02. The van der Waals surface area contributed by atoms with Gasteiger partial charge in [0.15, 0.2) is 0 Å². The summed E-state index contributed by atoms with van der Waals surface area (Å²) in [7, 11) is 0. The molecule has 234 valence electrons. The lowest BCUT2D eigenvalue weighted by molar-refractivity contribution is 0.208. The highest BCUT2D eigenvalue weighted by Gasteiger charge is 2.38. The van der Waals surface area contributed by atoms with Crippen molar-refractivity contribution in [3.63, 3.8) is 0 Å². The van der Waals surface area contributed by atoms with Crippen molar-refractivity contribution in [2.24, 2.45) is 17.8 Å². The van der Waals surface area contributed by atoms with Crippen molar-refractivity contribution < 1.29 is 10.2 Å². The summed E-state index contributed by atoms with van der Waals surface area (Å²) in [6.07, 6.45) is 32.5. The van der Waals surface area contributed by atoms with Gasteiger partial charge in [-0.1, -0.05) is 153 Å². The Morgan fingerprint density at radius 1 is 0.476 bits per heavy atom. The Bertz CT molecular complexity index is 914. The van der Waals surface area contributed by atoms with E-state index in [1.165, 1.54) is 146 Å². The molecule has 0 atom stereocenters. The van der Waals surface area contributed by atoms with Crippen molar-refractivity contribution in [2.75, 3.05) is 0 Å². The zero-order valence-electron chi connectivity index (χ0n) is 27.0. The largest absolute Gasteiger partial charge is 0.508 e. The molecule has 0 aromatic heterocycles. The van der Waals surface area contributed by atoms with Gasteiger partial charge >= 0.3 is 0 Å². The van der Waals surface area contributed by atoms with Gasteiger partial charge in [-0.3, -0.25) is 0 Å². The molecule has 2 N–H and O–H groups in total. The topological polar surface area (TPSA) is 40.5 Å². The molecule has 2 aliphatic rings. The second-order valence-corrected chi connectivity index (χ2v) is 14.3. The van der Waals surface area contributed by atoms with Gasteiger partial charge in [0.2, 0.25) is 0 Å². The van der Waals surface area contributed by atoms with E-state index in [2.05, 4.69) is 31.2 Å². The van der Waals surface area contributed by atoms with E-state index in [0.717, 1.165) is 30.6 Å². The second-order valence-electron chi connectivity index (χ2n) is 14.3. The van der Waals surface area contributed by atoms with E-state index in [9.17, 15) is 10.2 Å². The first-order chi connectivity index (χ1) is 20.6. The normalized spacial score (nSPS) is 21.0. The minimum atomic E-state index is -0.0101. The van der Waals surface area contributed by atoms with E-state index in [-0.39, 0.29) is 5.41 Å². The van der Waals surface area contributed by atoms with E-state index < -0.39 is 0 Å². The van der Waals surface area contributed by atoms with Crippen LogP contribution in [0.3, 0.4) is 0 Å². The van der Waals surface area contributed by atoms with Crippen LogP contribution < -0.4 is 0 Å². The fraction of sp³-hybridized carbons (Fsp3) is 0.700. The summed E-state index contributed by atoms with van der Waals surface area (Å²) in [6.45, 7) is 2.30. The Hall–Kier alpha value is -1.96. The molecule has 2 fully saturated rings. The highest BCUT2D eigenvalue weighted by Crippen LogP contribution is 2.48. The molecule has 0 unspecified atom stereocenters. The molecular weight excluding hydrogens is 512 g/mol. The lowest BCUT2D eigenvalue weighted by Crippen LogP contribution is -2.33. The molecule has 0 heterocycles. The minimum Gasteiger partial charge on any atom is -0.508 e. The summed E-state index contributed by atoms with van der Waals surface area (Å²) in [6, 6.07) is 15.8. The molecule has 2 aliphatic carbocycles. The highest BCUT2D eigenvalue weighted by atomic mass is 16.3. The lowest BCUT2D eigenvalue weighted by atomic mass is 9.62. The first kappa shape index (κ1) is 32.9. The summed E-state index contributed by atoms with van der Waals surface area (Å²) in [5.41, 5.74) is 2.59. The van der Waals surface area contributed by atoms with Crippen LogP contribution in [0.15, 0.2) is 48.5 Å². The number of benzene rings is 2. The maximum atomic E-state index is 9.89. The Morgan fingerprint density at radius 3 is 1.26 bits per heavy atom. The Balaban J connectivity index is 1.08. The van der Waals surface area contributed by atoms with Crippen molar-refractivity contribution in [3.05, 3.63) is 59.7 Å². The van der Waals surface area contributed by atoms with E-state index in [1.54, 1.807) is 0 Å². The van der Waals surface area contributed by atoms with Crippen LogP contribution in [0.5, 0.6) is 11.5 Å². The highest BCUT2D eigenvalue weighted by molar-refractivity contribution is 5.43. The van der Waals surface area contributed by atoms with Crippen LogP contribution in [0.25, 0.3) is 0 Å². The maximum absolute atomic E-state index is 9.89. The first-order valence-electron chi connectivity index (χ1n) is 18.2.